The molecular weight excluding hydrogens is 186 g/mol. The Bertz CT molecular complexity index is 137. The van der Waals surface area contributed by atoms with Crippen LogP contribution < -0.4 is 11.1 Å². The van der Waals surface area contributed by atoms with E-state index in [1.807, 2.05) is 6.92 Å². The Balaban J connectivity index is 3.91. The minimum Gasteiger partial charge on any atom is -0.329 e. The van der Waals surface area contributed by atoms with Crippen LogP contribution in [0.2, 0.25) is 0 Å². The molecule has 0 aliphatic rings. The van der Waals surface area contributed by atoms with Gasteiger partial charge in [0.25, 0.3) is 6.43 Å². The zero-order valence-electron chi connectivity index (χ0n) is 9.32. The van der Waals surface area contributed by atoms with E-state index in [-0.39, 0.29) is 12.1 Å². The molecule has 2 nitrogen and oxygen atoms in total. The summed E-state index contributed by atoms with van der Waals surface area (Å²) in [6.45, 7) is 6.25. The average Bonchev–Trinajstić information content (AvgIpc) is 2.11. The Morgan fingerprint density at radius 1 is 1.36 bits per heavy atom. The first-order chi connectivity index (χ1) is 6.39. The molecule has 0 saturated carbocycles. The number of rotatable bonds is 7. The third-order valence-electron chi connectivity index (χ3n) is 2.41. The molecule has 0 aromatic carbocycles. The van der Waals surface area contributed by atoms with Crippen LogP contribution in [0.25, 0.3) is 0 Å². The number of halogens is 2. The summed E-state index contributed by atoms with van der Waals surface area (Å²) in [5.74, 6) is 0.578. The minimum absolute atomic E-state index is 0.272. The monoisotopic (exact) mass is 208 g/mol. The van der Waals surface area contributed by atoms with Crippen molar-refractivity contribution in [1.29, 1.82) is 0 Å². The second kappa shape index (κ2) is 6.30. The molecule has 0 spiro atoms. The molecule has 0 fully saturated rings. The fourth-order valence-corrected chi connectivity index (χ4v) is 1.19. The Hall–Kier alpha value is -0.220. The van der Waals surface area contributed by atoms with Gasteiger partial charge in [0.15, 0.2) is 0 Å². The van der Waals surface area contributed by atoms with Gasteiger partial charge in [0, 0.05) is 12.1 Å². The molecule has 1 atom stereocenters. The lowest BCUT2D eigenvalue weighted by molar-refractivity contribution is 0.129. The highest BCUT2D eigenvalue weighted by atomic mass is 19.3. The summed E-state index contributed by atoms with van der Waals surface area (Å²) in [5, 5.41) is 2.83. The fourth-order valence-electron chi connectivity index (χ4n) is 1.19. The van der Waals surface area contributed by atoms with Gasteiger partial charge in [0.2, 0.25) is 0 Å². The molecule has 0 amide bonds. The number of nitrogens with one attached hydrogen (secondary N) is 1. The van der Waals surface area contributed by atoms with Crippen LogP contribution in [0.4, 0.5) is 8.78 Å². The average molecular weight is 208 g/mol. The maximum absolute atomic E-state index is 12.0. The highest BCUT2D eigenvalue weighted by Crippen LogP contribution is 2.15. The largest absolute Gasteiger partial charge is 0.329 e. The van der Waals surface area contributed by atoms with E-state index in [1.165, 1.54) is 0 Å². The highest BCUT2D eigenvalue weighted by molar-refractivity contribution is 4.84. The maximum atomic E-state index is 12.0. The van der Waals surface area contributed by atoms with Crippen molar-refractivity contribution in [3.63, 3.8) is 0 Å². The van der Waals surface area contributed by atoms with Crippen LogP contribution in [0.1, 0.15) is 33.6 Å². The van der Waals surface area contributed by atoms with Gasteiger partial charge in [-0.05, 0) is 25.7 Å². The van der Waals surface area contributed by atoms with Gasteiger partial charge in [0.1, 0.15) is 0 Å². The van der Waals surface area contributed by atoms with Crippen LogP contribution >= 0.6 is 0 Å². The normalized spacial score (nSPS) is 16.3. The first kappa shape index (κ1) is 13.8. The number of nitrogens with two attached hydrogens (primary N) is 1. The molecule has 0 aliphatic carbocycles. The summed E-state index contributed by atoms with van der Waals surface area (Å²) in [7, 11) is 0. The van der Waals surface area contributed by atoms with Crippen LogP contribution in [-0.4, -0.2) is 25.1 Å². The van der Waals surface area contributed by atoms with Gasteiger partial charge in [-0.15, -0.1) is 0 Å². The van der Waals surface area contributed by atoms with Crippen molar-refractivity contribution in [2.75, 3.05) is 13.1 Å². The summed E-state index contributed by atoms with van der Waals surface area (Å²) >= 11 is 0. The smallest absolute Gasteiger partial charge is 0.250 e. The lowest BCUT2D eigenvalue weighted by atomic mass is 9.92. The first-order valence-electron chi connectivity index (χ1n) is 5.13. The van der Waals surface area contributed by atoms with Crippen LogP contribution in [-0.2, 0) is 0 Å². The van der Waals surface area contributed by atoms with E-state index in [2.05, 4.69) is 19.2 Å². The molecule has 0 bridgehead atoms. The summed E-state index contributed by atoms with van der Waals surface area (Å²) in [4.78, 5) is 0. The number of hydrogen-bond donors (Lipinski definition) is 2. The molecule has 3 N–H and O–H groups in total. The minimum atomic E-state index is -2.31. The Morgan fingerprint density at radius 2 is 1.93 bits per heavy atom. The first-order valence-corrected chi connectivity index (χ1v) is 5.13. The van der Waals surface area contributed by atoms with Gasteiger partial charge in [-0.2, -0.15) is 0 Å². The van der Waals surface area contributed by atoms with Gasteiger partial charge >= 0.3 is 0 Å². The maximum Gasteiger partial charge on any atom is 0.250 e. The standard InChI is InChI=1S/C10H22F2N2/c1-8(2)4-5-10(3,7-13)14-6-9(11)12/h8-9,14H,4-7,13H2,1-3H3. The van der Waals surface area contributed by atoms with E-state index in [9.17, 15) is 8.78 Å². The van der Waals surface area contributed by atoms with E-state index in [1.54, 1.807) is 0 Å². The molecule has 0 aromatic rings. The van der Waals surface area contributed by atoms with Crippen molar-refractivity contribution < 1.29 is 8.78 Å². The fraction of sp³-hybridized carbons (Fsp3) is 1.00. The van der Waals surface area contributed by atoms with Crippen molar-refractivity contribution in [2.24, 2.45) is 11.7 Å². The number of hydrogen-bond acceptors (Lipinski definition) is 2. The van der Waals surface area contributed by atoms with Gasteiger partial charge < -0.3 is 11.1 Å². The lowest BCUT2D eigenvalue weighted by Crippen LogP contribution is -2.50. The predicted octanol–water partition coefficient (Wildman–Crippen LogP) is 1.99. The molecule has 0 radical (unpaired) electrons. The summed E-state index contributed by atoms with van der Waals surface area (Å²) in [6, 6.07) is 0. The van der Waals surface area contributed by atoms with E-state index in [4.69, 9.17) is 5.73 Å². The molecule has 4 heteroatoms. The molecule has 1 unspecified atom stereocenters. The molecular formula is C10H22F2N2. The molecule has 0 aliphatic heterocycles. The van der Waals surface area contributed by atoms with Crippen molar-refractivity contribution in [2.45, 2.75) is 45.6 Å². The Labute approximate surface area is 85.2 Å². The Morgan fingerprint density at radius 3 is 2.29 bits per heavy atom. The summed E-state index contributed by atoms with van der Waals surface area (Å²) in [6.07, 6.45) is -0.461. The van der Waals surface area contributed by atoms with Crippen LogP contribution in [0, 0.1) is 5.92 Å². The molecule has 14 heavy (non-hydrogen) atoms. The van der Waals surface area contributed by atoms with Crippen LogP contribution in [0.5, 0.6) is 0 Å². The zero-order chi connectivity index (χ0) is 11.2. The third-order valence-corrected chi connectivity index (χ3v) is 2.41. The lowest BCUT2D eigenvalue weighted by Gasteiger charge is -2.30. The predicted molar refractivity (Wildman–Crippen MR) is 55.5 cm³/mol. The third kappa shape index (κ3) is 6.27. The SMILES string of the molecule is CC(C)CCC(C)(CN)NCC(F)F. The second-order valence-electron chi connectivity index (χ2n) is 4.47. The molecule has 86 valence electrons. The zero-order valence-corrected chi connectivity index (χ0v) is 9.32. The van der Waals surface area contributed by atoms with E-state index >= 15 is 0 Å². The molecule has 0 rings (SSSR count). The highest BCUT2D eigenvalue weighted by Gasteiger charge is 2.22. The van der Waals surface area contributed by atoms with Gasteiger partial charge in [-0.1, -0.05) is 13.8 Å². The van der Waals surface area contributed by atoms with Crippen LogP contribution in [0.15, 0.2) is 0 Å². The van der Waals surface area contributed by atoms with E-state index in [0.29, 0.717) is 12.5 Å². The second-order valence-corrected chi connectivity index (χ2v) is 4.47. The van der Waals surface area contributed by atoms with Crippen LogP contribution in [0.3, 0.4) is 0 Å². The van der Waals surface area contributed by atoms with E-state index in [0.717, 1.165) is 12.8 Å². The van der Waals surface area contributed by atoms with Gasteiger partial charge in [-0.3, -0.25) is 0 Å². The topological polar surface area (TPSA) is 38.0 Å². The van der Waals surface area contributed by atoms with Crippen molar-refractivity contribution in [1.82, 2.24) is 5.32 Å². The molecule has 0 heterocycles. The van der Waals surface area contributed by atoms with Crippen molar-refractivity contribution in [3.05, 3.63) is 0 Å². The van der Waals surface area contributed by atoms with Crippen molar-refractivity contribution >= 4 is 0 Å². The quantitative estimate of drug-likeness (QED) is 0.671. The molecule has 0 aromatic heterocycles. The van der Waals surface area contributed by atoms with E-state index < -0.39 is 6.43 Å². The number of alkyl halides is 2. The van der Waals surface area contributed by atoms with Gasteiger partial charge in [0.05, 0.1) is 6.54 Å². The van der Waals surface area contributed by atoms with Crippen molar-refractivity contribution in [3.8, 4) is 0 Å². The molecule has 0 saturated heterocycles. The summed E-state index contributed by atoms with van der Waals surface area (Å²) < 4.78 is 24.0. The van der Waals surface area contributed by atoms with Gasteiger partial charge in [-0.25, -0.2) is 8.78 Å². The Kier molecular flexibility index (Phi) is 6.20. The summed E-state index contributed by atoms with van der Waals surface area (Å²) in [5.41, 5.74) is 5.23.